The van der Waals surface area contributed by atoms with Crippen molar-refractivity contribution in [2.75, 3.05) is 20.2 Å². The van der Waals surface area contributed by atoms with Crippen molar-refractivity contribution in [3.8, 4) is 5.75 Å². The van der Waals surface area contributed by atoms with E-state index in [1.54, 1.807) is 13.2 Å². The second kappa shape index (κ2) is 9.77. The molecule has 5 nitrogen and oxygen atoms in total. The third-order valence-corrected chi connectivity index (χ3v) is 5.97. The highest BCUT2D eigenvalue weighted by atomic mass is 16.5. The number of rotatable bonds is 6. The number of nitrogens with one attached hydrogen (secondary N) is 1. The van der Waals surface area contributed by atoms with Gasteiger partial charge in [0.1, 0.15) is 5.75 Å². The first-order valence-corrected chi connectivity index (χ1v) is 10.4. The van der Waals surface area contributed by atoms with Gasteiger partial charge in [-0.2, -0.15) is 0 Å². The van der Waals surface area contributed by atoms with Gasteiger partial charge in [0.05, 0.1) is 7.11 Å². The fourth-order valence-electron chi connectivity index (χ4n) is 4.28. The molecule has 2 amide bonds. The van der Waals surface area contributed by atoms with Crippen LogP contribution in [-0.4, -0.2) is 43.0 Å². The summed E-state index contributed by atoms with van der Waals surface area (Å²) < 4.78 is 5.20. The highest BCUT2D eigenvalue weighted by molar-refractivity contribution is 5.94. The second-order valence-electron chi connectivity index (χ2n) is 7.91. The predicted molar refractivity (Wildman–Crippen MR) is 106 cm³/mol. The third kappa shape index (κ3) is 5.72. The number of carbonyl (C=O) groups excluding carboxylic acids is 2. The number of benzene rings is 1. The minimum absolute atomic E-state index is 0.0379. The van der Waals surface area contributed by atoms with Crippen LogP contribution in [0.3, 0.4) is 0 Å². The Morgan fingerprint density at radius 3 is 2.56 bits per heavy atom. The van der Waals surface area contributed by atoms with E-state index >= 15 is 0 Å². The average Bonchev–Trinajstić information content (AvgIpc) is 2.73. The number of nitrogens with zero attached hydrogens (tertiary/aromatic N) is 1. The van der Waals surface area contributed by atoms with E-state index in [0.29, 0.717) is 30.8 Å². The molecular weight excluding hydrogens is 340 g/mol. The van der Waals surface area contributed by atoms with Gasteiger partial charge in [-0.25, -0.2) is 0 Å². The maximum Gasteiger partial charge on any atom is 0.253 e. The summed E-state index contributed by atoms with van der Waals surface area (Å²) >= 11 is 0. The molecule has 1 aliphatic heterocycles. The zero-order chi connectivity index (χ0) is 19.1. The standard InChI is InChI=1S/C22H32N2O3/c1-27-20-9-5-8-18(16-20)22(26)24-14-12-19(13-15-24)23-21(25)11-10-17-6-3-2-4-7-17/h5,8-9,16-17,19H,2-4,6-7,10-15H2,1H3,(H,23,25). The van der Waals surface area contributed by atoms with Crippen molar-refractivity contribution >= 4 is 11.8 Å². The first-order chi connectivity index (χ1) is 13.2. The Hall–Kier alpha value is -2.04. The molecule has 5 heteroatoms. The molecule has 1 N–H and O–H groups in total. The minimum Gasteiger partial charge on any atom is -0.497 e. The molecule has 1 aromatic carbocycles. The fraction of sp³-hybridized carbons (Fsp3) is 0.636. The van der Waals surface area contributed by atoms with Crippen molar-refractivity contribution in [2.24, 2.45) is 5.92 Å². The van der Waals surface area contributed by atoms with Crippen LogP contribution in [0.4, 0.5) is 0 Å². The Labute approximate surface area is 162 Å². The highest BCUT2D eigenvalue weighted by Crippen LogP contribution is 2.27. The molecule has 2 aliphatic rings. The lowest BCUT2D eigenvalue weighted by Gasteiger charge is -2.32. The van der Waals surface area contributed by atoms with E-state index in [-0.39, 0.29) is 17.9 Å². The van der Waals surface area contributed by atoms with Crippen LogP contribution >= 0.6 is 0 Å². The Balaban J connectivity index is 1.40. The quantitative estimate of drug-likeness (QED) is 0.827. The fourth-order valence-corrected chi connectivity index (χ4v) is 4.28. The monoisotopic (exact) mass is 372 g/mol. The SMILES string of the molecule is COc1cccc(C(=O)N2CCC(NC(=O)CCC3CCCCC3)CC2)c1. The average molecular weight is 373 g/mol. The molecule has 0 unspecified atom stereocenters. The summed E-state index contributed by atoms with van der Waals surface area (Å²) in [5, 5.41) is 3.18. The van der Waals surface area contributed by atoms with Crippen LogP contribution in [0.5, 0.6) is 5.75 Å². The number of amides is 2. The van der Waals surface area contributed by atoms with E-state index < -0.39 is 0 Å². The van der Waals surface area contributed by atoms with Gasteiger partial charge in [0.25, 0.3) is 5.91 Å². The molecule has 0 spiro atoms. The highest BCUT2D eigenvalue weighted by Gasteiger charge is 2.25. The van der Waals surface area contributed by atoms with Gasteiger partial charge in [-0.3, -0.25) is 9.59 Å². The number of hydrogen-bond donors (Lipinski definition) is 1. The van der Waals surface area contributed by atoms with E-state index in [4.69, 9.17) is 4.74 Å². The Morgan fingerprint density at radius 1 is 1.11 bits per heavy atom. The van der Waals surface area contributed by atoms with Crippen molar-refractivity contribution in [2.45, 2.75) is 63.8 Å². The van der Waals surface area contributed by atoms with Crippen molar-refractivity contribution in [1.29, 1.82) is 0 Å². The number of hydrogen-bond acceptors (Lipinski definition) is 3. The molecule has 1 aromatic rings. The van der Waals surface area contributed by atoms with Crippen molar-refractivity contribution in [1.82, 2.24) is 10.2 Å². The summed E-state index contributed by atoms with van der Waals surface area (Å²) in [6.07, 6.45) is 9.91. The van der Waals surface area contributed by atoms with E-state index in [9.17, 15) is 9.59 Å². The van der Waals surface area contributed by atoms with Crippen molar-refractivity contribution in [3.63, 3.8) is 0 Å². The summed E-state index contributed by atoms with van der Waals surface area (Å²) in [5.41, 5.74) is 0.657. The second-order valence-corrected chi connectivity index (χ2v) is 7.91. The molecule has 1 aliphatic carbocycles. The number of likely N-dealkylation sites (tertiary alicyclic amines) is 1. The van der Waals surface area contributed by atoms with Gasteiger partial charge in [-0.05, 0) is 43.4 Å². The lowest BCUT2D eigenvalue weighted by atomic mass is 9.86. The summed E-state index contributed by atoms with van der Waals surface area (Å²) in [4.78, 5) is 26.8. The first-order valence-electron chi connectivity index (χ1n) is 10.4. The molecule has 148 valence electrons. The smallest absolute Gasteiger partial charge is 0.253 e. The van der Waals surface area contributed by atoms with Crippen LogP contribution < -0.4 is 10.1 Å². The van der Waals surface area contributed by atoms with Crippen LogP contribution in [0, 0.1) is 5.92 Å². The van der Waals surface area contributed by atoms with Gasteiger partial charge in [-0.15, -0.1) is 0 Å². The van der Waals surface area contributed by atoms with Crippen molar-refractivity contribution in [3.05, 3.63) is 29.8 Å². The molecule has 0 atom stereocenters. The van der Waals surface area contributed by atoms with Crippen LogP contribution in [0.15, 0.2) is 24.3 Å². The molecule has 1 saturated heterocycles. The molecule has 27 heavy (non-hydrogen) atoms. The normalized spacial score (nSPS) is 18.9. The van der Waals surface area contributed by atoms with Gasteiger partial charge in [0.2, 0.25) is 5.91 Å². The van der Waals surface area contributed by atoms with E-state index in [2.05, 4.69) is 5.32 Å². The third-order valence-electron chi connectivity index (χ3n) is 5.97. The van der Waals surface area contributed by atoms with Gasteiger partial charge in [-0.1, -0.05) is 38.2 Å². The molecule has 2 fully saturated rings. The summed E-state index contributed by atoms with van der Waals surface area (Å²) in [6, 6.07) is 7.47. The molecule has 1 heterocycles. The lowest BCUT2D eigenvalue weighted by molar-refractivity contribution is -0.122. The molecule has 0 bridgehead atoms. The predicted octanol–water partition coefficient (Wildman–Crippen LogP) is 3.78. The van der Waals surface area contributed by atoms with Gasteiger partial charge < -0.3 is 15.0 Å². The Morgan fingerprint density at radius 2 is 1.85 bits per heavy atom. The van der Waals surface area contributed by atoms with Crippen molar-refractivity contribution < 1.29 is 14.3 Å². The molecule has 3 rings (SSSR count). The van der Waals surface area contributed by atoms with Crippen LogP contribution in [0.1, 0.15) is 68.1 Å². The van der Waals surface area contributed by atoms with Crippen LogP contribution in [-0.2, 0) is 4.79 Å². The summed E-state index contributed by atoms with van der Waals surface area (Å²) in [5.74, 6) is 1.65. The number of carbonyl (C=O) groups is 2. The molecular formula is C22H32N2O3. The maximum absolute atomic E-state index is 12.7. The van der Waals surface area contributed by atoms with Gasteiger partial charge in [0, 0.05) is 31.1 Å². The maximum atomic E-state index is 12.7. The molecule has 0 radical (unpaired) electrons. The number of piperidine rings is 1. The number of ether oxygens (including phenoxy) is 1. The van der Waals surface area contributed by atoms with E-state index in [0.717, 1.165) is 25.2 Å². The Bertz CT molecular complexity index is 632. The van der Waals surface area contributed by atoms with Crippen LogP contribution in [0.25, 0.3) is 0 Å². The summed E-state index contributed by atoms with van der Waals surface area (Å²) in [7, 11) is 1.60. The first kappa shape index (κ1) is 19.7. The molecule has 0 aromatic heterocycles. The van der Waals surface area contributed by atoms with Gasteiger partial charge >= 0.3 is 0 Å². The van der Waals surface area contributed by atoms with Crippen LogP contribution in [0.2, 0.25) is 0 Å². The lowest BCUT2D eigenvalue weighted by Crippen LogP contribution is -2.46. The minimum atomic E-state index is 0.0379. The van der Waals surface area contributed by atoms with Gasteiger partial charge in [0.15, 0.2) is 0 Å². The number of methoxy groups -OCH3 is 1. The van der Waals surface area contributed by atoms with E-state index in [1.807, 2.05) is 23.1 Å². The Kier molecular flexibility index (Phi) is 7.13. The topological polar surface area (TPSA) is 58.6 Å². The zero-order valence-corrected chi connectivity index (χ0v) is 16.4. The largest absolute Gasteiger partial charge is 0.497 e. The molecule has 1 saturated carbocycles. The van der Waals surface area contributed by atoms with E-state index in [1.165, 1.54) is 32.1 Å². The summed E-state index contributed by atoms with van der Waals surface area (Å²) in [6.45, 7) is 1.37. The zero-order valence-electron chi connectivity index (χ0n) is 16.4.